The Labute approximate surface area is 200 Å². The zero-order chi connectivity index (χ0) is 23.8. The molecule has 0 bridgehead atoms. The maximum absolute atomic E-state index is 12.6. The predicted molar refractivity (Wildman–Crippen MR) is 128 cm³/mol. The van der Waals surface area contributed by atoms with Crippen molar-refractivity contribution in [3.63, 3.8) is 0 Å². The first-order valence-corrected chi connectivity index (χ1v) is 12.7. The molecule has 8 heteroatoms. The van der Waals surface area contributed by atoms with Gasteiger partial charge in [0.05, 0.1) is 35.9 Å². The Kier molecular flexibility index (Phi) is 6.51. The Bertz CT molecular complexity index is 1070. The van der Waals surface area contributed by atoms with Crippen LogP contribution in [0, 0.1) is 5.92 Å². The van der Waals surface area contributed by atoms with E-state index in [-0.39, 0.29) is 30.2 Å². The Morgan fingerprint density at radius 3 is 2.76 bits per heavy atom. The minimum Gasteiger partial charge on any atom is -0.481 e. The van der Waals surface area contributed by atoms with E-state index in [0.29, 0.717) is 6.42 Å². The molecule has 1 N–H and O–H groups in total. The van der Waals surface area contributed by atoms with Crippen molar-refractivity contribution in [1.82, 2.24) is 9.55 Å². The largest absolute Gasteiger partial charge is 0.481 e. The zero-order valence-corrected chi connectivity index (χ0v) is 20.2. The van der Waals surface area contributed by atoms with E-state index in [0.717, 1.165) is 92.5 Å². The molecule has 2 fully saturated rings. The number of fused-ring (bicyclic) bond motifs is 3. The molecular formula is C26H35N3O5. The number of hydrogen-bond donors (Lipinski definition) is 1. The third kappa shape index (κ3) is 4.17. The number of methoxy groups -OCH3 is 1. The van der Waals surface area contributed by atoms with Crippen molar-refractivity contribution in [2.45, 2.75) is 89.3 Å². The second-order valence-corrected chi connectivity index (χ2v) is 10.1. The molecule has 2 aliphatic heterocycles. The van der Waals surface area contributed by atoms with Gasteiger partial charge in [-0.1, -0.05) is 6.42 Å². The lowest BCUT2D eigenvalue weighted by Crippen LogP contribution is -2.42. The normalized spacial score (nSPS) is 27.4. The summed E-state index contributed by atoms with van der Waals surface area (Å²) in [6.45, 7) is 2.83. The lowest BCUT2D eigenvalue weighted by atomic mass is 9.85. The molecule has 2 aromatic rings. The number of aliphatic carboxylic acids is 1. The number of imidazole rings is 1. The SMILES string of the molecule is COC(=O)N1c2ccc3c(nc(C[C@@H]4CCCCO4)n3[C@@H]3CCC[C@@H](C(=O)O)C3)c2CC[C@@H]1C. The van der Waals surface area contributed by atoms with E-state index in [4.69, 9.17) is 14.5 Å². The van der Waals surface area contributed by atoms with Crippen molar-refractivity contribution >= 4 is 28.8 Å². The van der Waals surface area contributed by atoms with Crippen molar-refractivity contribution in [3.05, 3.63) is 23.5 Å². The maximum Gasteiger partial charge on any atom is 0.414 e. The van der Waals surface area contributed by atoms with Gasteiger partial charge < -0.3 is 19.1 Å². The molecule has 4 atom stereocenters. The fraction of sp³-hybridized carbons (Fsp3) is 0.654. The van der Waals surface area contributed by atoms with E-state index >= 15 is 0 Å². The lowest BCUT2D eigenvalue weighted by molar-refractivity contribution is -0.143. The number of rotatable bonds is 4. The summed E-state index contributed by atoms with van der Waals surface area (Å²) < 4.78 is 13.4. The molecule has 1 amide bonds. The molecule has 3 heterocycles. The topological polar surface area (TPSA) is 93.9 Å². The van der Waals surface area contributed by atoms with E-state index in [1.165, 1.54) is 7.11 Å². The number of amides is 1. The van der Waals surface area contributed by atoms with Crippen LogP contribution in [0.25, 0.3) is 11.0 Å². The number of aryl methyl sites for hydroxylation is 1. The molecule has 3 aliphatic rings. The van der Waals surface area contributed by atoms with Crippen LogP contribution in [0.1, 0.15) is 75.7 Å². The fourth-order valence-corrected chi connectivity index (χ4v) is 6.17. The summed E-state index contributed by atoms with van der Waals surface area (Å²) in [5.74, 6) is -0.0378. The highest BCUT2D eigenvalue weighted by Gasteiger charge is 2.34. The minimum absolute atomic E-state index is 0.0595. The number of carbonyl (C=O) groups excluding carboxylic acids is 1. The smallest absolute Gasteiger partial charge is 0.414 e. The number of anilines is 1. The Balaban J connectivity index is 1.60. The van der Waals surface area contributed by atoms with Crippen LogP contribution in [0.3, 0.4) is 0 Å². The average molecular weight is 470 g/mol. The molecule has 5 rings (SSSR count). The van der Waals surface area contributed by atoms with Gasteiger partial charge >= 0.3 is 12.1 Å². The van der Waals surface area contributed by atoms with Crippen molar-refractivity contribution in [2.75, 3.05) is 18.6 Å². The average Bonchev–Trinajstić information content (AvgIpc) is 3.22. The third-order valence-electron chi connectivity index (χ3n) is 7.94. The van der Waals surface area contributed by atoms with Gasteiger partial charge in [-0.15, -0.1) is 0 Å². The molecule has 1 aromatic heterocycles. The predicted octanol–water partition coefficient (Wildman–Crippen LogP) is 4.87. The number of nitrogens with zero attached hydrogens (tertiary/aromatic N) is 3. The second-order valence-electron chi connectivity index (χ2n) is 10.1. The van der Waals surface area contributed by atoms with Gasteiger partial charge in [-0.25, -0.2) is 9.78 Å². The second kappa shape index (κ2) is 9.56. The number of carboxylic acid groups (broad SMARTS) is 1. The molecule has 0 spiro atoms. The zero-order valence-electron chi connectivity index (χ0n) is 20.2. The molecule has 34 heavy (non-hydrogen) atoms. The summed E-state index contributed by atoms with van der Waals surface area (Å²) in [6, 6.07) is 4.24. The van der Waals surface area contributed by atoms with Crippen LogP contribution in [0.15, 0.2) is 12.1 Å². The molecule has 0 unspecified atom stereocenters. The highest BCUT2D eigenvalue weighted by molar-refractivity contribution is 5.95. The van der Waals surface area contributed by atoms with Crippen molar-refractivity contribution < 1.29 is 24.2 Å². The van der Waals surface area contributed by atoms with Gasteiger partial charge in [-0.2, -0.15) is 0 Å². The first-order valence-electron chi connectivity index (χ1n) is 12.7. The first-order chi connectivity index (χ1) is 16.5. The van der Waals surface area contributed by atoms with Gasteiger partial charge in [0, 0.05) is 30.7 Å². The minimum atomic E-state index is -0.702. The van der Waals surface area contributed by atoms with Crippen LogP contribution in [0.2, 0.25) is 0 Å². The van der Waals surface area contributed by atoms with E-state index in [2.05, 4.69) is 10.6 Å². The first kappa shape index (κ1) is 23.1. The van der Waals surface area contributed by atoms with Crippen molar-refractivity contribution in [2.24, 2.45) is 5.92 Å². The fourth-order valence-electron chi connectivity index (χ4n) is 6.17. The third-order valence-corrected chi connectivity index (χ3v) is 7.94. The van der Waals surface area contributed by atoms with Crippen molar-refractivity contribution in [1.29, 1.82) is 0 Å². The van der Waals surface area contributed by atoms with Gasteiger partial charge in [-0.3, -0.25) is 9.69 Å². The van der Waals surface area contributed by atoms with E-state index in [1.54, 1.807) is 4.90 Å². The van der Waals surface area contributed by atoms with Gasteiger partial charge in [0.2, 0.25) is 0 Å². The van der Waals surface area contributed by atoms with Crippen LogP contribution < -0.4 is 4.90 Å². The van der Waals surface area contributed by atoms with Crippen LogP contribution in [0.4, 0.5) is 10.5 Å². The molecule has 8 nitrogen and oxygen atoms in total. The summed E-state index contributed by atoms with van der Waals surface area (Å²) in [4.78, 5) is 31.3. The summed E-state index contributed by atoms with van der Waals surface area (Å²) in [5, 5.41) is 9.69. The van der Waals surface area contributed by atoms with Gasteiger partial charge in [-0.05, 0) is 70.4 Å². The number of benzene rings is 1. The highest BCUT2D eigenvalue weighted by Crippen LogP contribution is 2.41. The standard InChI is InChI=1S/C26H35N3O5/c1-16-9-10-20-21(28(16)26(32)33-2)11-12-22-24(20)27-23(15-19-8-3-4-13-34-19)29(22)18-7-5-6-17(14-18)25(30)31/h11-12,16-19H,3-10,13-15H2,1-2H3,(H,30,31)/t16-,17+,18+,19-/m0/s1. The van der Waals surface area contributed by atoms with Crippen LogP contribution in [0.5, 0.6) is 0 Å². The van der Waals surface area contributed by atoms with Crippen molar-refractivity contribution in [3.8, 4) is 0 Å². The summed E-state index contributed by atoms with van der Waals surface area (Å²) >= 11 is 0. The monoisotopic (exact) mass is 469 g/mol. The Morgan fingerprint density at radius 2 is 2.03 bits per heavy atom. The number of hydrogen-bond acceptors (Lipinski definition) is 5. The van der Waals surface area contributed by atoms with Gasteiger partial charge in [0.1, 0.15) is 5.82 Å². The number of ether oxygens (including phenoxy) is 2. The highest BCUT2D eigenvalue weighted by atomic mass is 16.5. The lowest BCUT2D eigenvalue weighted by Gasteiger charge is -2.34. The Hall–Kier alpha value is -2.61. The van der Waals surface area contributed by atoms with Crippen LogP contribution in [-0.4, -0.2) is 52.6 Å². The number of aromatic nitrogens is 2. The summed E-state index contributed by atoms with van der Waals surface area (Å²) in [7, 11) is 1.42. The number of carbonyl (C=O) groups is 2. The molecule has 1 aromatic carbocycles. The summed E-state index contributed by atoms with van der Waals surface area (Å²) in [6.07, 6.45) is 8.73. The van der Waals surface area contributed by atoms with Gasteiger partial charge in [0.15, 0.2) is 0 Å². The number of carboxylic acids is 1. The molecule has 1 saturated heterocycles. The molecule has 1 saturated carbocycles. The quantitative estimate of drug-likeness (QED) is 0.687. The Morgan fingerprint density at radius 1 is 1.18 bits per heavy atom. The summed E-state index contributed by atoms with van der Waals surface area (Å²) in [5.41, 5.74) is 3.92. The van der Waals surface area contributed by atoms with Crippen LogP contribution in [-0.2, 0) is 27.1 Å². The molecule has 1 aliphatic carbocycles. The maximum atomic E-state index is 12.6. The molecular weight excluding hydrogens is 434 g/mol. The van der Waals surface area contributed by atoms with E-state index < -0.39 is 5.97 Å². The molecule has 0 radical (unpaired) electrons. The molecule has 184 valence electrons. The van der Waals surface area contributed by atoms with E-state index in [9.17, 15) is 14.7 Å². The van der Waals surface area contributed by atoms with Crippen LogP contribution >= 0.6 is 0 Å². The van der Waals surface area contributed by atoms with Gasteiger partial charge in [0.25, 0.3) is 0 Å². The van der Waals surface area contributed by atoms with E-state index in [1.807, 2.05) is 13.0 Å².